The number of fused-ring (bicyclic) bond motifs is 1. The van der Waals surface area contributed by atoms with Gasteiger partial charge in [0.25, 0.3) is 0 Å². The normalized spacial score (nSPS) is 20.2. The van der Waals surface area contributed by atoms with Crippen molar-refractivity contribution < 1.29 is 0 Å². The molecule has 1 saturated heterocycles. The lowest BCUT2D eigenvalue weighted by Gasteiger charge is -2.13. The topological polar surface area (TPSA) is 29.3 Å². The molecule has 0 bridgehead atoms. The second kappa shape index (κ2) is 4.15. The summed E-state index contributed by atoms with van der Waals surface area (Å²) in [4.78, 5) is 4.68. The highest BCUT2D eigenvalue weighted by Crippen LogP contribution is 2.28. The molecule has 1 fully saturated rings. The lowest BCUT2D eigenvalue weighted by molar-refractivity contribution is 0.649. The Labute approximate surface area is 102 Å². The van der Waals surface area contributed by atoms with Crippen molar-refractivity contribution in [3.05, 3.63) is 35.4 Å². The van der Waals surface area contributed by atoms with Gasteiger partial charge in [0.05, 0.1) is 11.2 Å². The number of nitrogens with one attached hydrogen (secondary N) is 1. The summed E-state index contributed by atoms with van der Waals surface area (Å²) >= 11 is 0. The number of hydrogen-bond acceptors (Lipinski definition) is 2. The number of aryl methyl sites for hydroxylation is 2. The van der Waals surface area contributed by atoms with Crippen molar-refractivity contribution in [3.63, 3.8) is 0 Å². The maximum absolute atomic E-state index is 4.68. The molecule has 0 spiro atoms. The smallest absolute Gasteiger partial charge is 0.113 e. The Kier molecular flexibility index (Phi) is 2.63. The van der Waals surface area contributed by atoms with Gasteiger partial charge in [0.1, 0.15) is 5.82 Å². The van der Waals surface area contributed by atoms with Gasteiger partial charge in [-0.1, -0.05) is 13.0 Å². The Morgan fingerprint density at radius 1 is 1.53 bits per heavy atom. The molecule has 90 valence electrons. The van der Waals surface area contributed by atoms with Crippen LogP contribution in [0.2, 0.25) is 0 Å². The molecule has 2 aromatic heterocycles. The summed E-state index contributed by atoms with van der Waals surface area (Å²) < 4.78 is 2.25. The predicted octanol–water partition coefficient (Wildman–Crippen LogP) is 2.63. The van der Waals surface area contributed by atoms with Crippen LogP contribution in [0.15, 0.2) is 18.3 Å². The average Bonchev–Trinajstić information content (AvgIpc) is 2.97. The van der Waals surface area contributed by atoms with E-state index in [1.54, 1.807) is 0 Å². The Morgan fingerprint density at radius 3 is 3.12 bits per heavy atom. The SMILES string of the molecule is CCc1nc(C)c2c(C3CCCN3)cccn12. The number of aromatic nitrogens is 2. The summed E-state index contributed by atoms with van der Waals surface area (Å²) in [5.74, 6) is 1.16. The number of rotatable bonds is 2. The first kappa shape index (κ1) is 10.8. The largest absolute Gasteiger partial charge is 0.310 e. The highest BCUT2D eigenvalue weighted by molar-refractivity contribution is 5.61. The summed E-state index contributed by atoms with van der Waals surface area (Å²) in [6, 6.07) is 4.90. The molecule has 3 nitrogen and oxygen atoms in total. The van der Waals surface area contributed by atoms with Gasteiger partial charge in [-0.05, 0) is 37.9 Å². The lowest BCUT2D eigenvalue weighted by atomic mass is 10.0. The van der Waals surface area contributed by atoms with Gasteiger partial charge in [0.15, 0.2) is 0 Å². The molecule has 0 amide bonds. The summed E-state index contributed by atoms with van der Waals surface area (Å²) in [7, 11) is 0. The molecule has 1 unspecified atom stereocenters. The first-order chi connectivity index (χ1) is 8.31. The predicted molar refractivity (Wildman–Crippen MR) is 69.3 cm³/mol. The van der Waals surface area contributed by atoms with E-state index in [0.29, 0.717) is 6.04 Å². The Morgan fingerprint density at radius 2 is 2.41 bits per heavy atom. The molecule has 3 heteroatoms. The lowest BCUT2D eigenvalue weighted by Crippen LogP contribution is -2.14. The van der Waals surface area contributed by atoms with Crippen molar-refractivity contribution in [3.8, 4) is 0 Å². The summed E-state index contributed by atoms with van der Waals surface area (Å²) in [5.41, 5.74) is 3.88. The van der Waals surface area contributed by atoms with E-state index in [2.05, 4.69) is 46.9 Å². The van der Waals surface area contributed by atoms with Gasteiger partial charge in [-0.25, -0.2) is 4.98 Å². The quantitative estimate of drug-likeness (QED) is 0.857. The molecule has 3 heterocycles. The van der Waals surface area contributed by atoms with E-state index < -0.39 is 0 Å². The van der Waals surface area contributed by atoms with Crippen LogP contribution in [0.3, 0.4) is 0 Å². The van der Waals surface area contributed by atoms with Gasteiger partial charge in [-0.15, -0.1) is 0 Å². The standard InChI is InChI=1S/C14H19N3/c1-3-13-16-10(2)14-11(6-5-9-17(13)14)12-7-4-8-15-12/h5-6,9,12,15H,3-4,7-8H2,1-2H3. The van der Waals surface area contributed by atoms with Crippen LogP contribution in [-0.4, -0.2) is 15.9 Å². The minimum Gasteiger partial charge on any atom is -0.310 e. The number of hydrogen-bond donors (Lipinski definition) is 1. The zero-order chi connectivity index (χ0) is 11.8. The van der Waals surface area contributed by atoms with Crippen molar-refractivity contribution in [1.29, 1.82) is 0 Å². The van der Waals surface area contributed by atoms with Crippen LogP contribution in [0.25, 0.3) is 5.52 Å². The second-order valence-corrected chi connectivity index (χ2v) is 4.80. The third-order valence-electron chi connectivity index (χ3n) is 3.69. The average molecular weight is 229 g/mol. The fraction of sp³-hybridized carbons (Fsp3) is 0.500. The maximum Gasteiger partial charge on any atom is 0.113 e. The molecule has 1 aliphatic rings. The highest BCUT2D eigenvalue weighted by atomic mass is 15.0. The van der Waals surface area contributed by atoms with Gasteiger partial charge in [0.2, 0.25) is 0 Å². The third kappa shape index (κ3) is 1.65. The van der Waals surface area contributed by atoms with Gasteiger partial charge in [-0.2, -0.15) is 0 Å². The minimum absolute atomic E-state index is 0.513. The van der Waals surface area contributed by atoms with E-state index >= 15 is 0 Å². The van der Waals surface area contributed by atoms with Crippen LogP contribution >= 0.6 is 0 Å². The van der Waals surface area contributed by atoms with Crippen molar-refractivity contribution >= 4 is 5.52 Å². The van der Waals surface area contributed by atoms with Crippen LogP contribution in [-0.2, 0) is 6.42 Å². The number of pyridine rings is 1. The van der Waals surface area contributed by atoms with E-state index in [-0.39, 0.29) is 0 Å². The zero-order valence-electron chi connectivity index (χ0n) is 10.5. The zero-order valence-corrected chi connectivity index (χ0v) is 10.5. The third-order valence-corrected chi connectivity index (χ3v) is 3.69. The van der Waals surface area contributed by atoms with E-state index in [0.717, 1.165) is 24.5 Å². The molecular formula is C14H19N3. The van der Waals surface area contributed by atoms with Crippen LogP contribution in [0.5, 0.6) is 0 Å². The van der Waals surface area contributed by atoms with Crippen molar-refractivity contribution in [1.82, 2.24) is 14.7 Å². The van der Waals surface area contributed by atoms with E-state index in [9.17, 15) is 0 Å². The summed E-state index contributed by atoms with van der Waals surface area (Å²) in [6.07, 6.45) is 5.63. The molecule has 0 aliphatic carbocycles. The molecule has 17 heavy (non-hydrogen) atoms. The number of nitrogens with zero attached hydrogens (tertiary/aromatic N) is 2. The molecule has 2 aromatic rings. The molecule has 0 aromatic carbocycles. The Bertz CT molecular complexity index is 536. The summed E-state index contributed by atoms with van der Waals surface area (Å²) in [6.45, 7) is 5.42. The van der Waals surface area contributed by atoms with E-state index in [1.165, 1.54) is 23.9 Å². The first-order valence-electron chi connectivity index (χ1n) is 6.51. The van der Waals surface area contributed by atoms with Gasteiger partial charge >= 0.3 is 0 Å². The van der Waals surface area contributed by atoms with Crippen LogP contribution in [0.1, 0.15) is 42.9 Å². The maximum atomic E-state index is 4.68. The van der Waals surface area contributed by atoms with Gasteiger partial charge in [-0.3, -0.25) is 0 Å². The second-order valence-electron chi connectivity index (χ2n) is 4.80. The Balaban J connectivity index is 2.21. The molecule has 0 saturated carbocycles. The van der Waals surface area contributed by atoms with Crippen LogP contribution in [0.4, 0.5) is 0 Å². The van der Waals surface area contributed by atoms with Crippen LogP contribution < -0.4 is 5.32 Å². The Hall–Kier alpha value is -1.35. The van der Waals surface area contributed by atoms with Crippen LogP contribution in [0, 0.1) is 6.92 Å². The molecule has 3 rings (SSSR count). The van der Waals surface area contributed by atoms with E-state index in [1.807, 2.05) is 0 Å². The number of imidazole rings is 1. The first-order valence-corrected chi connectivity index (χ1v) is 6.51. The molecule has 0 radical (unpaired) electrons. The molecule has 1 atom stereocenters. The monoisotopic (exact) mass is 229 g/mol. The highest BCUT2D eigenvalue weighted by Gasteiger charge is 2.20. The minimum atomic E-state index is 0.513. The van der Waals surface area contributed by atoms with Gasteiger partial charge < -0.3 is 9.72 Å². The van der Waals surface area contributed by atoms with Crippen molar-refractivity contribution in [2.75, 3.05) is 6.54 Å². The fourth-order valence-corrected chi connectivity index (χ4v) is 2.90. The molecular weight excluding hydrogens is 210 g/mol. The van der Waals surface area contributed by atoms with Gasteiger partial charge in [0, 0.05) is 18.7 Å². The molecule has 1 aliphatic heterocycles. The molecule has 1 N–H and O–H groups in total. The summed E-state index contributed by atoms with van der Waals surface area (Å²) in [5, 5.41) is 3.58. The van der Waals surface area contributed by atoms with E-state index in [4.69, 9.17) is 0 Å². The van der Waals surface area contributed by atoms with Crippen molar-refractivity contribution in [2.24, 2.45) is 0 Å². The van der Waals surface area contributed by atoms with Crippen molar-refractivity contribution in [2.45, 2.75) is 39.2 Å². The fourth-order valence-electron chi connectivity index (χ4n) is 2.90.